The monoisotopic (exact) mass is 673 g/mol. The van der Waals surface area contributed by atoms with Crippen LogP contribution < -0.4 is 36.4 Å². The highest BCUT2D eigenvalue weighted by atomic mass is 19.1. The van der Waals surface area contributed by atoms with Crippen molar-refractivity contribution < 1.29 is 37.4 Å². The molecule has 0 radical (unpaired) electrons. The largest absolute Gasteiger partial charge is 0.542 e. The fraction of sp³-hybridized carbons (Fsp3) is 0.500. The molecule has 0 unspecified atom stereocenters. The molecule has 3 amide bonds. The molecule has 2 aromatic carbocycles. The Morgan fingerprint density at radius 3 is 1.71 bits per heavy atom. The molecule has 0 bridgehead atoms. The van der Waals surface area contributed by atoms with E-state index in [1.807, 2.05) is 12.1 Å². The van der Waals surface area contributed by atoms with Crippen LogP contribution in [0.4, 0.5) is 41.1 Å². The maximum atomic E-state index is 14.5. The summed E-state index contributed by atoms with van der Waals surface area (Å²) >= 11 is 0. The molecule has 0 spiro atoms. The molecule has 2 aromatic rings. The van der Waals surface area contributed by atoms with Crippen LogP contribution >= 0.6 is 0 Å². The van der Waals surface area contributed by atoms with Crippen molar-refractivity contribution in [3.05, 3.63) is 48.0 Å². The first-order chi connectivity index (χ1) is 23.1. The Bertz CT molecular complexity index is 1400. The van der Waals surface area contributed by atoms with Crippen molar-refractivity contribution in [1.29, 1.82) is 0 Å². The van der Waals surface area contributed by atoms with Gasteiger partial charge >= 0.3 is 12.2 Å². The SMILES string of the molecule is CC(=O)N1CCN(c2c(F)cc(N3C[C@H](CN)OC3=O)cc2F)CC1.C[C-]=O.NC[C@H]1CN(c2ccc(N3CCNCC3)cc2)C(=O)O1. The summed E-state index contributed by atoms with van der Waals surface area (Å²) in [7, 11) is 0. The second-order valence-corrected chi connectivity index (χ2v) is 11.4. The van der Waals surface area contributed by atoms with E-state index in [-0.39, 0.29) is 42.6 Å². The Labute approximate surface area is 278 Å². The molecule has 48 heavy (non-hydrogen) atoms. The molecule has 2 atom stereocenters. The van der Waals surface area contributed by atoms with Crippen LogP contribution in [0.5, 0.6) is 0 Å². The van der Waals surface area contributed by atoms with Gasteiger partial charge in [-0.1, -0.05) is 0 Å². The molecule has 0 saturated carbocycles. The molecular formula is C32H43F2N8O6-. The Hall–Kier alpha value is -4.54. The van der Waals surface area contributed by atoms with E-state index in [1.54, 1.807) is 14.7 Å². The van der Waals surface area contributed by atoms with E-state index in [1.165, 1.54) is 30.7 Å². The Morgan fingerprint density at radius 1 is 0.812 bits per heavy atom. The summed E-state index contributed by atoms with van der Waals surface area (Å²) in [6.07, 6.45) is -0.166. The lowest BCUT2D eigenvalue weighted by Crippen LogP contribution is -2.48. The van der Waals surface area contributed by atoms with Gasteiger partial charge in [0.05, 0.1) is 18.8 Å². The molecule has 4 aliphatic heterocycles. The molecule has 5 N–H and O–H groups in total. The second-order valence-electron chi connectivity index (χ2n) is 11.4. The molecule has 0 aliphatic carbocycles. The zero-order valence-corrected chi connectivity index (χ0v) is 27.2. The van der Waals surface area contributed by atoms with Gasteiger partial charge in [0.15, 0.2) is 11.6 Å². The number of rotatable bonds is 6. The van der Waals surface area contributed by atoms with Crippen LogP contribution in [0.1, 0.15) is 13.8 Å². The van der Waals surface area contributed by atoms with Gasteiger partial charge in [-0.05, 0) is 24.3 Å². The van der Waals surface area contributed by atoms with E-state index in [0.717, 1.165) is 44.0 Å². The van der Waals surface area contributed by atoms with Gasteiger partial charge in [-0.2, -0.15) is 6.92 Å². The molecule has 4 aliphatic rings. The fourth-order valence-corrected chi connectivity index (χ4v) is 5.73. The highest BCUT2D eigenvalue weighted by molar-refractivity contribution is 5.90. The van der Waals surface area contributed by atoms with Crippen LogP contribution in [0.2, 0.25) is 0 Å². The van der Waals surface area contributed by atoms with Gasteiger partial charge in [0.2, 0.25) is 5.91 Å². The van der Waals surface area contributed by atoms with E-state index in [9.17, 15) is 23.2 Å². The van der Waals surface area contributed by atoms with Gasteiger partial charge < -0.3 is 45.8 Å². The number of halogens is 2. The molecule has 6 rings (SSSR count). The summed E-state index contributed by atoms with van der Waals surface area (Å²) < 4.78 is 39.3. The summed E-state index contributed by atoms with van der Waals surface area (Å²) in [5, 5.41) is 3.33. The summed E-state index contributed by atoms with van der Waals surface area (Å²) in [5.74, 6) is -1.57. The minimum atomic E-state index is -0.754. The van der Waals surface area contributed by atoms with Crippen LogP contribution in [0.3, 0.4) is 0 Å². The molecule has 4 heterocycles. The predicted molar refractivity (Wildman–Crippen MR) is 177 cm³/mol. The van der Waals surface area contributed by atoms with Crippen LogP contribution in [0, 0.1) is 11.6 Å². The number of carbonyl (C=O) groups is 3. The van der Waals surface area contributed by atoms with Crippen molar-refractivity contribution in [3.8, 4) is 0 Å². The van der Waals surface area contributed by atoms with Crippen LogP contribution in [-0.2, 0) is 19.1 Å². The number of hydrogen-bond acceptors (Lipinski definition) is 11. The van der Waals surface area contributed by atoms with Gasteiger partial charge in [0.25, 0.3) is 0 Å². The first-order valence-corrected chi connectivity index (χ1v) is 15.8. The number of nitrogens with zero attached hydrogens (tertiary/aromatic N) is 5. The molecule has 4 saturated heterocycles. The summed E-state index contributed by atoms with van der Waals surface area (Å²) in [5.41, 5.74) is 13.0. The highest BCUT2D eigenvalue weighted by Gasteiger charge is 2.34. The minimum Gasteiger partial charge on any atom is -0.542 e. The zero-order chi connectivity index (χ0) is 34.8. The number of nitrogens with two attached hydrogens (primary N) is 2. The lowest BCUT2D eigenvalue weighted by molar-refractivity contribution is -0.129. The number of ether oxygens (including phenoxy) is 2. The second kappa shape index (κ2) is 17.0. The lowest BCUT2D eigenvalue weighted by atomic mass is 10.2. The first kappa shape index (κ1) is 36.3. The van der Waals surface area contributed by atoms with Crippen LogP contribution in [0.25, 0.3) is 0 Å². The van der Waals surface area contributed by atoms with E-state index >= 15 is 0 Å². The molecule has 4 fully saturated rings. The third-order valence-corrected chi connectivity index (χ3v) is 8.27. The van der Waals surface area contributed by atoms with Crippen molar-refractivity contribution >= 4 is 47.1 Å². The Morgan fingerprint density at radius 2 is 1.27 bits per heavy atom. The van der Waals surface area contributed by atoms with Crippen molar-refractivity contribution in [2.75, 3.05) is 98.1 Å². The molecule has 14 nitrogen and oxygen atoms in total. The van der Waals surface area contributed by atoms with E-state index in [0.29, 0.717) is 39.3 Å². The predicted octanol–water partition coefficient (Wildman–Crippen LogP) is 1.41. The number of piperazine rings is 2. The number of hydrogen-bond donors (Lipinski definition) is 3. The highest BCUT2D eigenvalue weighted by Crippen LogP contribution is 2.31. The number of carbonyl (C=O) groups excluding carboxylic acids is 4. The summed E-state index contributed by atoms with van der Waals surface area (Å²) in [6, 6.07) is 10.3. The number of benzene rings is 2. The number of nitrogens with one attached hydrogen (secondary N) is 1. The van der Waals surface area contributed by atoms with Gasteiger partial charge in [-0.25, -0.2) is 18.4 Å². The first-order valence-electron chi connectivity index (χ1n) is 15.8. The van der Waals surface area contributed by atoms with Gasteiger partial charge in [-0.15, -0.1) is 0 Å². The van der Waals surface area contributed by atoms with E-state index < -0.39 is 23.8 Å². The molecule has 0 aromatic heterocycles. The van der Waals surface area contributed by atoms with E-state index in [2.05, 4.69) is 22.3 Å². The number of amides is 3. The minimum absolute atomic E-state index is 0.0575. The lowest BCUT2D eigenvalue weighted by Gasteiger charge is -2.36. The average Bonchev–Trinajstić information content (AvgIpc) is 3.67. The Balaban J connectivity index is 0.000000204. The number of anilines is 4. The van der Waals surface area contributed by atoms with Crippen LogP contribution in [0.15, 0.2) is 36.4 Å². The van der Waals surface area contributed by atoms with Gasteiger partial charge in [-0.3, -0.25) is 20.9 Å². The average molecular weight is 674 g/mol. The quantitative estimate of drug-likeness (QED) is 0.380. The fourth-order valence-electron chi connectivity index (χ4n) is 5.73. The third-order valence-electron chi connectivity index (χ3n) is 8.27. The van der Waals surface area contributed by atoms with Crippen molar-refractivity contribution in [3.63, 3.8) is 0 Å². The summed E-state index contributed by atoms with van der Waals surface area (Å²) in [6.45, 7) is 9.54. The standard InChI is InChI=1S/C16H20F2N4O3.C14H20N4O2.C2H3O/c1-10(23)20-2-4-21(5-3-20)15-13(17)6-11(7-14(15)18)22-9-12(8-19)25-16(22)24;15-9-13-10-18(14(19)20-13)12-3-1-11(2-4-12)17-7-5-16-6-8-17;1-2-3/h6-7,12H,2-5,8-9,19H2,1H3;1-4,13,16H,5-10,15H2;1H3/q;;-1/t12-;13-;/m00./s1. The maximum Gasteiger partial charge on any atom is 0.414 e. The smallest absolute Gasteiger partial charge is 0.414 e. The van der Waals surface area contributed by atoms with Crippen molar-refractivity contribution in [2.45, 2.75) is 26.1 Å². The zero-order valence-electron chi connectivity index (χ0n) is 27.2. The third kappa shape index (κ3) is 8.87. The van der Waals surface area contributed by atoms with Crippen LogP contribution in [-0.4, -0.2) is 120 Å². The van der Waals surface area contributed by atoms with Gasteiger partial charge in [0.1, 0.15) is 17.9 Å². The molecular weight excluding hydrogens is 630 g/mol. The van der Waals surface area contributed by atoms with E-state index in [4.69, 9.17) is 25.7 Å². The van der Waals surface area contributed by atoms with Gasteiger partial charge in [0, 0.05) is 95.9 Å². The topological polar surface area (TPSA) is 167 Å². The summed E-state index contributed by atoms with van der Waals surface area (Å²) in [4.78, 5) is 51.9. The van der Waals surface area contributed by atoms with Crippen molar-refractivity contribution in [1.82, 2.24) is 10.2 Å². The Kier molecular flexibility index (Phi) is 12.9. The maximum absolute atomic E-state index is 14.5. The normalized spacial score (nSPS) is 20.8. The number of cyclic esters (lactones) is 2. The van der Waals surface area contributed by atoms with Crippen molar-refractivity contribution in [2.24, 2.45) is 11.5 Å². The molecule has 262 valence electrons. The molecule has 16 heteroatoms.